The summed E-state index contributed by atoms with van der Waals surface area (Å²) in [6, 6.07) is 3.74. The zero-order valence-corrected chi connectivity index (χ0v) is 8.39. The number of benzene rings is 1. The first-order chi connectivity index (χ1) is 6.72. The van der Waals surface area contributed by atoms with E-state index in [1.807, 2.05) is 13.0 Å². The van der Waals surface area contributed by atoms with E-state index in [9.17, 15) is 4.79 Å². The number of nitrogens with one attached hydrogen (secondary N) is 1. The molecule has 1 N–H and O–H groups in total. The van der Waals surface area contributed by atoms with Crippen LogP contribution in [0.5, 0.6) is 5.75 Å². The first-order valence-corrected chi connectivity index (χ1v) is 4.68. The lowest BCUT2D eigenvalue weighted by molar-refractivity contribution is 0.0983. The number of ketones is 1. The molecule has 0 bridgehead atoms. The van der Waals surface area contributed by atoms with Crippen LogP contribution in [0, 0.1) is 6.92 Å². The van der Waals surface area contributed by atoms with E-state index in [0.29, 0.717) is 6.42 Å². The maximum atomic E-state index is 11.6. The van der Waals surface area contributed by atoms with Gasteiger partial charge in [0.2, 0.25) is 0 Å². The van der Waals surface area contributed by atoms with Crippen LogP contribution in [0.3, 0.4) is 0 Å². The third kappa shape index (κ3) is 1.35. The molecule has 3 nitrogen and oxygen atoms in total. The summed E-state index contributed by atoms with van der Waals surface area (Å²) in [6.07, 6.45) is 0.569. The predicted molar refractivity (Wildman–Crippen MR) is 55.2 cm³/mol. The number of fused-ring (bicyclic) bond motifs is 1. The van der Waals surface area contributed by atoms with E-state index in [4.69, 9.17) is 4.74 Å². The van der Waals surface area contributed by atoms with Gasteiger partial charge >= 0.3 is 0 Å². The summed E-state index contributed by atoms with van der Waals surface area (Å²) in [5.41, 5.74) is 2.78. The number of hydrogen-bond donors (Lipinski definition) is 1. The van der Waals surface area contributed by atoms with E-state index in [-0.39, 0.29) is 5.78 Å². The maximum Gasteiger partial charge on any atom is 0.166 e. The lowest BCUT2D eigenvalue weighted by Crippen LogP contribution is -2.18. The Labute approximate surface area is 83.1 Å². The Balaban J connectivity index is 2.57. The van der Waals surface area contributed by atoms with Crippen LogP contribution in [0.15, 0.2) is 12.1 Å². The summed E-state index contributed by atoms with van der Waals surface area (Å²) in [4.78, 5) is 11.6. The second-order valence-corrected chi connectivity index (χ2v) is 3.47. The molecule has 0 spiro atoms. The number of hydrogen-bond acceptors (Lipinski definition) is 3. The van der Waals surface area contributed by atoms with E-state index >= 15 is 0 Å². The second kappa shape index (κ2) is 3.33. The minimum Gasteiger partial charge on any atom is -0.497 e. The molecule has 0 saturated heterocycles. The van der Waals surface area contributed by atoms with Crippen LogP contribution in [0.25, 0.3) is 0 Å². The van der Waals surface area contributed by atoms with Crippen LogP contribution in [0.2, 0.25) is 0 Å². The lowest BCUT2D eigenvalue weighted by atomic mass is 9.98. The molecule has 74 valence electrons. The highest BCUT2D eigenvalue weighted by Crippen LogP contribution is 2.30. The van der Waals surface area contributed by atoms with Gasteiger partial charge in [0.05, 0.1) is 7.11 Å². The van der Waals surface area contributed by atoms with Gasteiger partial charge in [-0.3, -0.25) is 4.79 Å². The number of carbonyl (C=O) groups is 1. The molecule has 1 heterocycles. The molecule has 0 aromatic heterocycles. The van der Waals surface area contributed by atoms with Gasteiger partial charge in [-0.1, -0.05) is 0 Å². The van der Waals surface area contributed by atoms with E-state index in [1.54, 1.807) is 13.2 Å². The molecule has 0 amide bonds. The van der Waals surface area contributed by atoms with Gasteiger partial charge in [-0.25, -0.2) is 0 Å². The topological polar surface area (TPSA) is 38.3 Å². The van der Waals surface area contributed by atoms with Crippen molar-refractivity contribution in [2.45, 2.75) is 13.3 Å². The highest BCUT2D eigenvalue weighted by molar-refractivity contribution is 6.04. The van der Waals surface area contributed by atoms with Crippen LogP contribution in [-0.4, -0.2) is 19.4 Å². The van der Waals surface area contributed by atoms with Gasteiger partial charge in [-0.15, -0.1) is 0 Å². The van der Waals surface area contributed by atoms with Gasteiger partial charge in [0.25, 0.3) is 0 Å². The monoisotopic (exact) mass is 191 g/mol. The van der Waals surface area contributed by atoms with Gasteiger partial charge in [0, 0.05) is 24.2 Å². The standard InChI is InChI=1S/C11H13NO2/c1-7-5-8(14-2)6-9-10(13)3-4-12-11(7)9/h5-6,12H,3-4H2,1-2H3. The molecule has 0 unspecified atom stereocenters. The number of Topliss-reactive ketones (excluding diaryl/α,β-unsaturated/α-hetero) is 1. The quantitative estimate of drug-likeness (QED) is 0.737. The summed E-state index contributed by atoms with van der Waals surface area (Å²) < 4.78 is 5.13. The number of anilines is 1. The molecule has 1 aromatic carbocycles. The SMILES string of the molecule is COc1cc(C)c2c(c1)C(=O)CCN2. The predicted octanol–water partition coefficient (Wildman–Crippen LogP) is 2.00. The molecule has 0 saturated carbocycles. The van der Waals surface area contributed by atoms with Gasteiger partial charge in [-0.05, 0) is 24.6 Å². The van der Waals surface area contributed by atoms with E-state index in [2.05, 4.69) is 5.32 Å². The molecular formula is C11H13NO2. The van der Waals surface area contributed by atoms with E-state index in [0.717, 1.165) is 29.1 Å². The third-order valence-electron chi connectivity index (χ3n) is 2.50. The lowest BCUT2D eigenvalue weighted by Gasteiger charge is -2.19. The number of methoxy groups -OCH3 is 1. The molecule has 1 aromatic rings. The molecule has 1 aliphatic rings. The maximum absolute atomic E-state index is 11.6. The van der Waals surface area contributed by atoms with Gasteiger partial charge < -0.3 is 10.1 Å². The Morgan fingerprint density at radius 1 is 1.43 bits per heavy atom. The first-order valence-electron chi connectivity index (χ1n) is 4.68. The van der Waals surface area contributed by atoms with Gasteiger partial charge in [-0.2, -0.15) is 0 Å². The van der Waals surface area contributed by atoms with Crippen molar-refractivity contribution in [2.75, 3.05) is 19.0 Å². The molecule has 0 aliphatic carbocycles. The minimum absolute atomic E-state index is 0.195. The fourth-order valence-corrected chi connectivity index (χ4v) is 1.76. The zero-order valence-electron chi connectivity index (χ0n) is 8.39. The van der Waals surface area contributed by atoms with Crippen LogP contribution in [0.4, 0.5) is 5.69 Å². The molecule has 3 heteroatoms. The molecule has 2 rings (SSSR count). The number of aryl methyl sites for hydroxylation is 1. The highest BCUT2D eigenvalue weighted by Gasteiger charge is 2.19. The Bertz CT molecular complexity index is 385. The Morgan fingerprint density at radius 3 is 2.93 bits per heavy atom. The molecular weight excluding hydrogens is 178 g/mol. The van der Waals surface area contributed by atoms with Gasteiger partial charge in [0.15, 0.2) is 5.78 Å². The summed E-state index contributed by atoms with van der Waals surface area (Å²) >= 11 is 0. The van der Waals surface area contributed by atoms with Crippen LogP contribution < -0.4 is 10.1 Å². The fraction of sp³-hybridized carbons (Fsp3) is 0.364. The highest BCUT2D eigenvalue weighted by atomic mass is 16.5. The Morgan fingerprint density at radius 2 is 2.21 bits per heavy atom. The van der Waals surface area contributed by atoms with Crippen molar-refractivity contribution in [3.63, 3.8) is 0 Å². The third-order valence-corrected chi connectivity index (χ3v) is 2.50. The summed E-state index contributed by atoms with van der Waals surface area (Å²) in [5, 5.41) is 3.24. The van der Waals surface area contributed by atoms with Crippen molar-refractivity contribution in [1.29, 1.82) is 0 Å². The van der Waals surface area contributed by atoms with Crippen LogP contribution in [-0.2, 0) is 0 Å². The van der Waals surface area contributed by atoms with Gasteiger partial charge in [0.1, 0.15) is 5.75 Å². The second-order valence-electron chi connectivity index (χ2n) is 3.47. The number of ether oxygens (including phenoxy) is 1. The first kappa shape index (κ1) is 9.06. The van der Waals surface area contributed by atoms with E-state index < -0.39 is 0 Å². The van der Waals surface area contributed by atoms with Crippen molar-refractivity contribution >= 4 is 11.5 Å². The average molecular weight is 191 g/mol. The Hall–Kier alpha value is -1.51. The largest absolute Gasteiger partial charge is 0.497 e. The smallest absolute Gasteiger partial charge is 0.166 e. The van der Waals surface area contributed by atoms with Crippen molar-refractivity contribution in [1.82, 2.24) is 0 Å². The molecule has 0 fully saturated rings. The van der Waals surface area contributed by atoms with Crippen molar-refractivity contribution in [3.8, 4) is 5.75 Å². The zero-order chi connectivity index (χ0) is 10.1. The van der Waals surface area contributed by atoms with Crippen LogP contribution >= 0.6 is 0 Å². The molecule has 0 radical (unpaired) electrons. The molecule has 0 atom stereocenters. The number of carbonyl (C=O) groups excluding carboxylic acids is 1. The minimum atomic E-state index is 0.195. The summed E-state index contributed by atoms with van der Waals surface area (Å²) in [6.45, 7) is 2.71. The number of rotatable bonds is 1. The Kier molecular flexibility index (Phi) is 2.15. The van der Waals surface area contributed by atoms with Crippen LogP contribution in [0.1, 0.15) is 22.3 Å². The van der Waals surface area contributed by atoms with Crippen molar-refractivity contribution in [2.24, 2.45) is 0 Å². The van der Waals surface area contributed by atoms with Crippen molar-refractivity contribution < 1.29 is 9.53 Å². The average Bonchev–Trinajstić information content (AvgIpc) is 2.19. The van der Waals surface area contributed by atoms with E-state index in [1.165, 1.54) is 0 Å². The fourth-order valence-electron chi connectivity index (χ4n) is 1.76. The summed E-state index contributed by atoms with van der Waals surface area (Å²) in [7, 11) is 1.61. The normalized spacial score (nSPS) is 14.6. The molecule has 14 heavy (non-hydrogen) atoms. The molecule has 1 aliphatic heterocycles. The summed E-state index contributed by atoms with van der Waals surface area (Å²) in [5.74, 6) is 0.944. The van der Waals surface area contributed by atoms with Crippen molar-refractivity contribution in [3.05, 3.63) is 23.3 Å².